The molecule has 1 saturated heterocycles. The number of piperidine rings is 1. The SMILES string of the molecule is Cc1nc(C2CCCNC2)sc1C(=O)NCc1ccc(-c2ccc(C(=O)NO)s2)cc1. The van der Waals surface area contributed by atoms with E-state index in [1.54, 1.807) is 11.5 Å². The summed E-state index contributed by atoms with van der Waals surface area (Å²) in [5.74, 6) is -0.211. The van der Waals surface area contributed by atoms with Gasteiger partial charge in [-0.1, -0.05) is 24.3 Å². The average molecular weight is 457 g/mol. The lowest BCUT2D eigenvalue weighted by Gasteiger charge is -2.20. The summed E-state index contributed by atoms with van der Waals surface area (Å²) in [4.78, 5) is 30.9. The maximum Gasteiger partial charge on any atom is 0.284 e. The summed E-state index contributed by atoms with van der Waals surface area (Å²) in [7, 11) is 0. The molecule has 4 rings (SSSR count). The van der Waals surface area contributed by atoms with Gasteiger partial charge in [-0.2, -0.15) is 0 Å². The molecule has 2 amide bonds. The topological polar surface area (TPSA) is 103 Å². The molecule has 3 aromatic rings. The highest BCUT2D eigenvalue weighted by atomic mass is 32.1. The Morgan fingerprint density at radius 1 is 1.16 bits per heavy atom. The maximum atomic E-state index is 12.7. The predicted octanol–water partition coefficient (Wildman–Crippen LogP) is 3.70. The first kappa shape index (κ1) is 21.6. The van der Waals surface area contributed by atoms with Crippen molar-refractivity contribution in [3.05, 3.63) is 62.4 Å². The van der Waals surface area contributed by atoms with Crippen molar-refractivity contribution in [3.8, 4) is 10.4 Å². The van der Waals surface area contributed by atoms with E-state index in [0.717, 1.165) is 52.6 Å². The summed E-state index contributed by atoms with van der Waals surface area (Å²) in [5.41, 5.74) is 4.40. The molecule has 0 saturated carbocycles. The number of hydrogen-bond acceptors (Lipinski definition) is 7. The van der Waals surface area contributed by atoms with E-state index in [-0.39, 0.29) is 5.91 Å². The van der Waals surface area contributed by atoms with Crippen LogP contribution in [0.2, 0.25) is 0 Å². The van der Waals surface area contributed by atoms with E-state index < -0.39 is 5.91 Å². The second-order valence-corrected chi connectivity index (χ2v) is 9.61. The van der Waals surface area contributed by atoms with Gasteiger partial charge in [0.15, 0.2) is 0 Å². The molecule has 1 unspecified atom stereocenters. The zero-order valence-corrected chi connectivity index (χ0v) is 18.7. The van der Waals surface area contributed by atoms with Crippen molar-refractivity contribution in [1.29, 1.82) is 0 Å². The minimum atomic E-state index is -0.517. The van der Waals surface area contributed by atoms with Crippen LogP contribution < -0.4 is 16.1 Å². The van der Waals surface area contributed by atoms with Crippen LogP contribution in [0.4, 0.5) is 0 Å². The third-order valence-corrected chi connectivity index (χ3v) is 7.74. The molecule has 0 bridgehead atoms. The molecule has 0 spiro atoms. The Labute approximate surface area is 188 Å². The first-order valence-electron chi connectivity index (χ1n) is 10.1. The average Bonchev–Trinajstić information content (AvgIpc) is 3.45. The lowest BCUT2D eigenvalue weighted by molar-refractivity contribution is 0.0711. The predicted molar refractivity (Wildman–Crippen MR) is 122 cm³/mol. The molecular formula is C22H24N4O3S2. The summed E-state index contributed by atoms with van der Waals surface area (Å²) < 4.78 is 0. The van der Waals surface area contributed by atoms with Crippen molar-refractivity contribution in [2.45, 2.75) is 32.2 Å². The van der Waals surface area contributed by atoms with Crippen molar-refractivity contribution in [1.82, 2.24) is 21.1 Å². The van der Waals surface area contributed by atoms with Crippen LogP contribution in [0.15, 0.2) is 36.4 Å². The summed E-state index contributed by atoms with van der Waals surface area (Å²) in [6, 6.07) is 11.4. The number of thiophene rings is 1. The summed E-state index contributed by atoms with van der Waals surface area (Å²) in [5, 5.41) is 16.2. The van der Waals surface area contributed by atoms with Gasteiger partial charge < -0.3 is 10.6 Å². The number of nitrogens with one attached hydrogen (secondary N) is 3. The first-order chi connectivity index (χ1) is 15.0. The lowest BCUT2D eigenvalue weighted by Crippen LogP contribution is -2.28. The lowest BCUT2D eigenvalue weighted by atomic mass is 10.0. The Bertz CT molecular complexity index is 1070. The van der Waals surface area contributed by atoms with Gasteiger partial charge in [0, 0.05) is 23.9 Å². The van der Waals surface area contributed by atoms with Crippen LogP contribution in [-0.4, -0.2) is 35.1 Å². The Kier molecular flexibility index (Phi) is 6.77. The molecule has 2 aromatic heterocycles. The number of benzene rings is 1. The van der Waals surface area contributed by atoms with Gasteiger partial charge >= 0.3 is 0 Å². The molecule has 9 heteroatoms. The van der Waals surface area contributed by atoms with E-state index in [2.05, 4.69) is 15.6 Å². The molecule has 0 aliphatic carbocycles. The number of rotatable bonds is 6. The monoisotopic (exact) mass is 456 g/mol. The highest BCUT2D eigenvalue weighted by Gasteiger charge is 2.22. The third kappa shape index (κ3) is 5.01. The van der Waals surface area contributed by atoms with Gasteiger partial charge in [0.2, 0.25) is 0 Å². The van der Waals surface area contributed by atoms with Crippen LogP contribution in [0, 0.1) is 6.92 Å². The Hall–Kier alpha value is -2.59. The highest BCUT2D eigenvalue weighted by Crippen LogP contribution is 2.30. The quantitative estimate of drug-likeness (QED) is 0.335. The van der Waals surface area contributed by atoms with Crippen molar-refractivity contribution >= 4 is 34.5 Å². The van der Waals surface area contributed by atoms with E-state index in [9.17, 15) is 9.59 Å². The number of hydrogen-bond donors (Lipinski definition) is 4. The largest absolute Gasteiger partial charge is 0.347 e. The number of aryl methyl sites for hydroxylation is 1. The van der Waals surface area contributed by atoms with Gasteiger partial charge in [0.05, 0.1) is 15.6 Å². The van der Waals surface area contributed by atoms with Crippen molar-refractivity contribution in [3.63, 3.8) is 0 Å². The van der Waals surface area contributed by atoms with Gasteiger partial charge in [-0.05, 0) is 49.6 Å². The number of thiazole rings is 1. The summed E-state index contributed by atoms with van der Waals surface area (Å²) in [6.45, 7) is 4.31. The Balaban J connectivity index is 1.37. The maximum absolute atomic E-state index is 12.7. The van der Waals surface area contributed by atoms with E-state index in [1.165, 1.54) is 22.7 Å². The van der Waals surface area contributed by atoms with Crippen molar-refractivity contribution in [2.75, 3.05) is 13.1 Å². The standard InChI is InChI=1S/C22H24N4O3S2/c1-13-19(31-22(25-13)16-3-2-10-23-12-16)21(28)24-11-14-4-6-15(7-5-14)17-8-9-18(30-17)20(27)26-29/h4-9,16,23,29H,2-3,10-12H2,1H3,(H,24,28)(H,26,27). The minimum Gasteiger partial charge on any atom is -0.347 e. The number of amides is 2. The third-order valence-electron chi connectivity index (χ3n) is 5.29. The molecule has 1 atom stereocenters. The molecule has 162 valence electrons. The number of hydroxylamine groups is 1. The first-order valence-corrected chi connectivity index (χ1v) is 11.8. The van der Waals surface area contributed by atoms with Crippen LogP contribution in [0.1, 0.15) is 54.4 Å². The summed E-state index contributed by atoms with van der Waals surface area (Å²) >= 11 is 2.81. The van der Waals surface area contributed by atoms with Gasteiger partial charge in [-0.3, -0.25) is 14.8 Å². The van der Waals surface area contributed by atoms with E-state index >= 15 is 0 Å². The Morgan fingerprint density at radius 2 is 1.97 bits per heavy atom. The molecule has 1 aromatic carbocycles. The van der Waals surface area contributed by atoms with Gasteiger partial charge in [0.25, 0.3) is 11.8 Å². The molecule has 3 heterocycles. The molecule has 7 nitrogen and oxygen atoms in total. The van der Waals surface area contributed by atoms with Gasteiger partial charge in [-0.15, -0.1) is 22.7 Å². The zero-order valence-electron chi connectivity index (χ0n) is 17.1. The van der Waals surface area contributed by atoms with Crippen molar-refractivity contribution in [2.24, 2.45) is 0 Å². The van der Waals surface area contributed by atoms with Gasteiger partial charge in [-0.25, -0.2) is 10.5 Å². The highest BCUT2D eigenvalue weighted by molar-refractivity contribution is 7.17. The molecule has 4 N–H and O–H groups in total. The number of aromatic nitrogens is 1. The molecule has 0 radical (unpaired) electrons. The van der Waals surface area contributed by atoms with E-state index in [0.29, 0.717) is 22.2 Å². The molecule has 31 heavy (non-hydrogen) atoms. The van der Waals surface area contributed by atoms with E-state index in [4.69, 9.17) is 5.21 Å². The smallest absolute Gasteiger partial charge is 0.284 e. The second kappa shape index (κ2) is 9.69. The molecule has 1 fully saturated rings. The molecule has 1 aliphatic heterocycles. The minimum absolute atomic E-state index is 0.0907. The van der Waals surface area contributed by atoms with Crippen LogP contribution in [0.5, 0.6) is 0 Å². The van der Waals surface area contributed by atoms with Crippen molar-refractivity contribution < 1.29 is 14.8 Å². The normalized spacial score (nSPS) is 16.1. The fraction of sp³-hybridized carbons (Fsp3) is 0.318. The van der Waals surface area contributed by atoms with Gasteiger partial charge in [0.1, 0.15) is 4.88 Å². The second-order valence-electron chi connectivity index (χ2n) is 7.49. The van der Waals surface area contributed by atoms with Crippen LogP contribution in [0.25, 0.3) is 10.4 Å². The zero-order chi connectivity index (χ0) is 21.8. The number of carbonyl (C=O) groups is 2. The molecular weight excluding hydrogens is 432 g/mol. The summed E-state index contributed by atoms with van der Waals surface area (Å²) in [6.07, 6.45) is 2.26. The van der Waals surface area contributed by atoms with Crippen LogP contribution in [0.3, 0.4) is 0 Å². The van der Waals surface area contributed by atoms with Crippen LogP contribution >= 0.6 is 22.7 Å². The number of carbonyl (C=O) groups excluding carboxylic acids is 2. The Morgan fingerprint density at radius 3 is 2.68 bits per heavy atom. The number of nitrogens with zero attached hydrogens (tertiary/aromatic N) is 1. The van der Waals surface area contributed by atoms with Crippen LogP contribution in [-0.2, 0) is 6.54 Å². The fourth-order valence-corrected chi connectivity index (χ4v) is 5.60. The molecule has 1 aliphatic rings. The fourth-order valence-electron chi connectivity index (χ4n) is 3.58. The van der Waals surface area contributed by atoms with E-state index in [1.807, 2.05) is 37.3 Å².